The molecule has 0 saturated carbocycles. The van der Waals surface area contributed by atoms with Crippen molar-refractivity contribution in [2.45, 2.75) is 49.6 Å². The average Bonchev–Trinajstić information content (AvgIpc) is 3.53. The number of hydrogen-bond acceptors (Lipinski definition) is 5. The summed E-state index contributed by atoms with van der Waals surface area (Å²) in [6.45, 7) is 7.31. The molecule has 3 aromatic rings. The molecule has 0 bridgehead atoms. The normalized spacial score (nSPS) is 23.5. The third-order valence-electron chi connectivity index (χ3n) is 7.78. The molecule has 5 rings (SSSR count). The third-order valence-corrected chi connectivity index (χ3v) is 10.6. The predicted molar refractivity (Wildman–Crippen MR) is 158 cm³/mol. The van der Waals surface area contributed by atoms with Crippen LogP contribution in [0, 0.1) is 0 Å². The Morgan fingerprint density at radius 2 is 1.49 bits per heavy atom. The van der Waals surface area contributed by atoms with E-state index in [-0.39, 0.29) is 9.92 Å². The van der Waals surface area contributed by atoms with Gasteiger partial charge in [0.1, 0.15) is 22.0 Å². The van der Waals surface area contributed by atoms with Gasteiger partial charge in [0, 0.05) is 29.2 Å². The summed E-state index contributed by atoms with van der Waals surface area (Å²) in [5.41, 5.74) is 0.871. The van der Waals surface area contributed by atoms with Crippen LogP contribution < -0.4 is 10.1 Å². The summed E-state index contributed by atoms with van der Waals surface area (Å²) >= 11 is 19.0. The van der Waals surface area contributed by atoms with Crippen molar-refractivity contribution in [2.75, 3.05) is 19.7 Å². The fourth-order valence-corrected chi connectivity index (χ4v) is 7.66. The quantitative estimate of drug-likeness (QED) is 0.314. The molecule has 1 fully saturated rings. The maximum Gasteiger partial charge on any atom is 0.244 e. The van der Waals surface area contributed by atoms with E-state index in [1.165, 1.54) is 4.31 Å². The van der Waals surface area contributed by atoms with Crippen LogP contribution in [0.25, 0.3) is 0 Å². The number of nitrogens with one attached hydrogen (secondary N) is 1. The predicted octanol–water partition coefficient (Wildman–Crippen LogP) is 7.01. The minimum atomic E-state index is -3.79. The molecule has 0 aromatic heterocycles. The number of sulfonamides is 1. The number of nitrogens with zero attached hydrogens (tertiary/aromatic N) is 2. The molecule has 2 heterocycles. The first kappa shape index (κ1) is 28.2. The van der Waals surface area contributed by atoms with E-state index in [0.717, 1.165) is 24.0 Å². The second-order valence-electron chi connectivity index (χ2n) is 10.1. The fraction of sp³-hybridized carbons (Fsp3) is 0.345. The van der Waals surface area contributed by atoms with Crippen molar-refractivity contribution < 1.29 is 13.2 Å². The van der Waals surface area contributed by atoms with Crippen molar-refractivity contribution in [1.82, 2.24) is 9.62 Å². The molecule has 2 aliphatic rings. The maximum atomic E-state index is 13.6. The summed E-state index contributed by atoms with van der Waals surface area (Å²) < 4.78 is 34.6. The van der Waals surface area contributed by atoms with Crippen LogP contribution in [0.3, 0.4) is 0 Å². The zero-order valence-corrected chi connectivity index (χ0v) is 25.1. The van der Waals surface area contributed by atoms with Gasteiger partial charge in [0.05, 0.1) is 22.7 Å². The van der Waals surface area contributed by atoms with Crippen LogP contribution in [0.5, 0.6) is 5.75 Å². The minimum absolute atomic E-state index is 0.0438. The van der Waals surface area contributed by atoms with Crippen molar-refractivity contribution >= 4 is 50.7 Å². The lowest BCUT2D eigenvalue weighted by molar-refractivity contribution is 0.268. The van der Waals surface area contributed by atoms with Crippen LogP contribution in [-0.4, -0.2) is 38.3 Å². The van der Waals surface area contributed by atoms with Gasteiger partial charge < -0.3 is 10.1 Å². The number of aliphatic imine (C=N–C) groups is 1. The van der Waals surface area contributed by atoms with Gasteiger partial charge in [-0.25, -0.2) is 8.42 Å². The standard InChI is InChI=1S/C29H30Cl3N3O3S/c1-4-38-25-18-24(32)26(39(36,37)35-15-5-6-16-35)17-23(25)27-33-28(2,19-7-11-21(30)12-8-19)29(3,34-27)20-9-13-22(31)14-10-20/h7-14,17-18H,4-6,15-16H2,1-3H3,(H,33,34). The van der Waals surface area contributed by atoms with Crippen molar-refractivity contribution in [3.8, 4) is 5.75 Å². The molecule has 39 heavy (non-hydrogen) atoms. The second-order valence-corrected chi connectivity index (χ2v) is 13.3. The third kappa shape index (κ3) is 4.93. The molecular weight excluding hydrogens is 577 g/mol. The van der Waals surface area contributed by atoms with Crippen molar-refractivity contribution in [1.29, 1.82) is 0 Å². The van der Waals surface area contributed by atoms with Crippen LogP contribution in [-0.2, 0) is 21.1 Å². The molecule has 0 spiro atoms. The molecule has 0 radical (unpaired) electrons. The van der Waals surface area contributed by atoms with Crippen molar-refractivity contribution in [3.63, 3.8) is 0 Å². The minimum Gasteiger partial charge on any atom is -0.493 e. The molecule has 2 aliphatic heterocycles. The molecule has 1 saturated heterocycles. The summed E-state index contributed by atoms with van der Waals surface area (Å²) in [4.78, 5) is 5.28. The summed E-state index contributed by atoms with van der Waals surface area (Å²) in [7, 11) is -3.79. The Balaban J connectivity index is 1.70. The van der Waals surface area contributed by atoms with Crippen LogP contribution >= 0.6 is 34.8 Å². The molecule has 2 unspecified atom stereocenters. The largest absolute Gasteiger partial charge is 0.493 e. The van der Waals surface area contributed by atoms with Gasteiger partial charge in [0.15, 0.2) is 0 Å². The lowest BCUT2D eigenvalue weighted by Crippen LogP contribution is -2.50. The lowest BCUT2D eigenvalue weighted by Gasteiger charge is -2.40. The maximum absolute atomic E-state index is 13.6. The average molecular weight is 607 g/mol. The fourth-order valence-electron chi connectivity index (χ4n) is 5.37. The van der Waals surface area contributed by atoms with Gasteiger partial charge in [-0.15, -0.1) is 0 Å². The zero-order valence-electron chi connectivity index (χ0n) is 22.0. The summed E-state index contributed by atoms with van der Waals surface area (Å²) in [5.74, 6) is 0.954. The number of rotatable bonds is 7. The van der Waals surface area contributed by atoms with Gasteiger partial charge in [-0.1, -0.05) is 59.1 Å². The Morgan fingerprint density at radius 3 is 2.05 bits per heavy atom. The molecule has 3 aromatic carbocycles. The van der Waals surface area contributed by atoms with Crippen LogP contribution in [0.4, 0.5) is 0 Å². The SMILES string of the molecule is CCOc1cc(Cl)c(S(=O)(=O)N2CCCC2)cc1C1=NC(C)(c2ccc(Cl)cc2)C(C)(c2ccc(Cl)cc2)N1. The highest BCUT2D eigenvalue weighted by Crippen LogP contribution is 2.48. The number of amidine groups is 1. The summed E-state index contributed by atoms with van der Waals surface area (Å²) in [5, 5.41) is 5.00. The zero-order chi connectivity index (χ0) is 28.0. The first-order valence-electron chi connectivity index (χ1n) is 12.9. The highest BCUT2D eigenvalue weighted by Gasteiger charge is 2.52. The first-order valence-corrected chi connectivity index (χ1v) is 15.4. The van der Waals surface area contributed by atoms with E-state index in [1.54, 1.807) is 12.1 Å². The van der Waals surface area contributed by atoms with Crippen LogP contribution in [0.2, 0.25) is 15.1 Å². The topological polar surface area (TPSA) is 71.0 Å². The Bertz CT molecular complexity index is 1520. The highest BCUT2D eigenvalue weighted by atomic mass is 35.5. The molecule has 6 nitrogen and oxygen atoms in total. The van der Waals surface area contributed by atoms with E-state index in [0.29, 0.717) is 46.9 Å². The van der Waals surface area contributed by atoms with E-state index >= 15 is 0 Å². The van der Waals surface area contributed by atoms with E-state index in [1.807, 2.05) is 62.4 Å². The first-order chi connectivity index (χ1) is 18.5. The number of ether oxygens (including phenoxy) is 1. The Morgan fingerprint density at radius 1 is 0.923 bits per heavy atom. The molecule has 2 atom stereocenters. The Kier molecular flexibility index (Phi) is 7.68. The second kappa shape index (κ2) is 10.6. The van der Waals surface area contributed by atoms with Crippen molar-refractivity contribution in [2.24, 2.45) is 4.99 Å². The number of hydrogen-bond donors (Lipinski definition) is 1. The molecule has 0 amide bonds. The van der Waals surface area contributed by atoms with Gasteiger partial charge in [-0.3, -0.25) is 4.99 Å². The molecule has 0 aliphatic carbocycles. The number of halogens is 3. The highest BCUT2D eigenvalue weighted by molar-refractivity contribution is 7.89. The molecular formula is C29H30Cl3N3O3S. The molecule has 206 valence electrons. The van der Waals surface area contributed by atoms with Crippen molar-refractivity contribution in [3.05, 3.63) is 92.4 Å². The summed E-state index contributed by atoms with van der Waals surface area (Å²) in [6, 6.07) is 18.4. The lowest BCUT2D eigenvalue weighted by atomic mass is 9.72. The van der Waals surface area contributed by atoms with E-state index in [9.17, 15) is 8.42 Å². The molecule has 1 N–H and O–H groups in total. The van der Waals surface area contributed by atoms with Crippen LogP contribution in [0.15, 0.2) is 70.6 Å². The monoisotopic (exact) mass is 605 g/mol. The van der Waals surface area contributed by atoms with Gasteiger partial charge >= 0.3 is 0 Å². The van der Waals surface area contributed by atoms with E-state index in [4.69, 9.17) is 44.5 Å². The van der Waals surface area contributed by atoms with Crippen LogP contribution in [0.1, 0.15) is 50.3 Å². The van der Waals surface area contributed by atoms with Gasteiger partial charge in [0.25, 0.3) is 0 Å². The van der Waals surface area contributed by atoms with E-state index in [2.05, 4.69) is 12.2 Å². The summed E-state index contributed by atoms with van der Waals surface area (Å²) in [6.07, 6.45) is 1.65. The Hall–Kier alpha value is -2.29. The van der Waals surface area contributed by atoms with Gasteiger partial charge in [-0.2, -0.15) is 4.31 Å². The van der Waals surface area contributed by atoms with Gasteiger partial charge in [-0.05, 0) is 75.1 Å². The van der Waals surface area contributed by atoms with E-state index < -0.39 is 21.1 Å². The number of benzene rings is 3. The smallest absolute Gasteiger partial charge is 0.244 e. The molecule has 10 heteroatoms. The Labute approximate surface area is 245 Å². The van der Waals surface area contributed by atoms with Gasteiger partial charge in [0.2, 0.25) is 10.0 Å².